The summed E-state index contributed by atoms with van der Waals surface area (Å²) in [5.41, 5.74) is 3.55. The summed E-state index contributed by atoms with van der Waals surface area (Å²) in [7, 11) is 0. The van der Waals surface area contributed by atoms with Gasteiger partial charge in [-0.1, -0.05) is 31.4 Å². The summed E-state index contributed by atoms with van der Waals surface area (Å²) < 4.78 is 0. The van der Waals surface area contributed by atoms with Crippen LogP contribution in [0.5, 0.6) is 0 Å². The Morgan fingerprint density at radius 1 is 1.11 bits per heavy atom. The lowest BCUT2D eigenvalue weighted by molar-refractivity contribution is 0.372. The van der Waals surface area contributed by atoms with Crippen molar-refractivity contribution in [3.05, 3.63) is 41.6 Å². The predicted molar refractivity (Wildman–Crippen MR) is 80.2 cm³/mol. The average molecular weight is 254 g/mol. The highest BCUT2D eigenvalue weighted by Gasteiger charge is 2.12. The molecule has 0 amide bonds. The van der Waals surface area contributed by atoms with Crippen LogP contribution >= 0.6 is 0 Å². The molecule has 2 heteroatoms. The van der Waals surface area contributed by atoms with E-state index < -0.39 is 0 Å². The van der Waals surface area contributed by atoms with E-state index in [4.69, 9.17) is 0 Å². The van der Waals surface area contributed by atoms with Crippen molar-refractivity contribution in [1.82, 2.24) is 10.3 Å². The van der Waals surface area contributed by atoms with Crippen LogP contribution in [0.4, 0.5) is 0 Å². The van der Waals surface area contributed by atoms with Crippen LogP contribution < -0.4 is 5.32 Å². The van der Waals surface area contributed by atoms with Crippen molar-refractivity contribution in [2.24, 2.45) is 0 Å². The van der Waals surface area contributed by atoms with Crippen molar-refractivity contribution in [2.75, 3.05) is 0 Å². The molecular weight excluding hydrogens is 232 g/mol. The minimum atomic E-state index is 0.723. The molecule has 0 spiro atoms. The fourth-order valence-electron chi connectivity index (χ4n) is 2.96. The molecule has 1 fully saturated rings. The van der Waals surface area contributed by atoms with Crippen molar-refractivity contribution < 1.29 is 0 Å². The topological polar surface area (TPSA) is 24.9 Å². The quantitative estimate of drug-likeness (QED) is 0.896. The number of nitrogens with one attached hydrogen (secondary N) is 1. The summed E-state index contributed by atoms with van der Waals surface area (Å²) in [6.07, 6.45) is 6.87. The first-order valence-corrected chi connectivity index (χ1v) is 7.41. The Bertz CT molecular complexity index is 556. The van der Waals surface area contributed by atoms with Gasteiger partial charge < -0.3 is 5.32 Å². The van der Waals surface area contributed by atoms with E-state index in [9.17, 15) is 0 Å². The Kier molecular flexibility index (Phi) is 3.79. The lowest BCUT2D eigenvalue weighted by Gasteiger charge is -2.22. The van der Waals surface area contributed by atoms with Crippen molar-refractivity contribution in [3.63, 3.8) is 0 Å². The average Bonchev–Trinajstić information content (AvgIpc) is 2.46. The van der Waals surface area contributed by atoms with Crippen LogP contribution in [0.1, 0.15) is 43.4 Å². The number of hydrogen-bond acceptors (Lipinski definition) is 2. The monoisotopic (exact) mass is 254 g/mol. The zero-order chi connectivity index (χ0) is 13.1. The van der Waals surface area contributed by atoms with Crippen molar-refractivity contribution >= 4 is 10.9 Å². The van der Waals surface area contributed by atoms with Crippen molar-refractivity contribution in [1.29, 1.82) is 0 Å². The molecule has 0 unspecified atom stereocenters. The largest absolute Gasteiger partial charge is 0.310 e. The van der Waals surface area contributed by atoms with E-state index in [1.807, 2.05) is 6.92 Å². The summed E-state index contributed by atoms with van der Waals surface area (Å²) in [5.74, 6) is 0. The maximum Gasteiger partial charge on any atom is 0.0705 e. The van der Waals surface area contributed by atoms with Gasteiger partial charge in [-0.15, -0.1) is 0 Å². The first-order valence-electron chi connectivity index (χ1n) is 7.41. The van der Waals surface area contributed by atoms with Crippen LogP contribution in [0.15, 0.2) is 30.3 Å². The van der Waals surface area contributed by atoms with E-state index in [1.165, 1.54) is 43.1 Å². The number of pyridine rings is 1. The minimum Gasteiger partial charge on any atom is -0.310 e. The molecule has 2 aromatic rings. The third-order valence-electron chi connectivity index (χ3n) is 4.09. The molecule has 0 aliphatic heterocycles. The molecule has 19 heavy (non-hydrogen) atoms. The van der Waals surface area contributed by atoms with Crippen LogP contribution in [-0.2, 0) is 6.54 Å². The molecule has 3 rings (SSSR count). The highest BCUT2D eigenvalue weighted by Crippen LogP contribution is 2.19. The molecule has 0 atom stereocenters. The fourth-order valence-corrected chi connectivity index (χ4v) is 2.96. The first kappa shape index (κ1) is 12.6. The second-order valence-corrected chi connectivity index (χ2v) is 5.70. The highest BCUT2D eigenvalue weighted by atomic mass is 14.9. The third kappa shape index (κ3) is 3.13. The van der Waals surface area contributed by atoms with Crippen molar-refractivity contribution in [3.8, 4) is 0 Å². The maximum absolute atomic E-state index is 4.55. The minimum absolute atomic E-state index is 0.723. The van der Waals surface area contributed by atoms with Gasteiger partial charge in [0.05, 0.1) is 5.52 Å². The van der Waals surface area contributed by atoms with Gasteiger partial charge in [-0.3, -0.25) is 4.98 Å². The number of fused-ring (bicyclic) bond motifs is 1. The van der Waals surface area contributed by atoms with Gasteiger partial charge >= 0.3 is 0 Å². The predicted octanol–water partition coefficient (Wildman–Crippen LogP) is 3.97. The van der Waals surface area contributed by atoms with Crippen LogP contribution in [0.2, 0.25) is 0 Å². The van der Waals surface area contributed by atoms with Gasteiger partial charge in [-0.25, -0.2) is 0 Å². The first-order chi connectivity index (χ1) is 9.31. The molecule has 1 saturated carbocycles. The molecule has 0 bridgehead atoms. The third-order valence-corrected chi connectivity index (χ3v) is 4.09. The van der Waals surface area contributed by atoms with Crippen LogP contribution in [0.3, 0.4) is 0 Å². The Labute approximate surface area is 115 Å². The smallest absolute Gasteiger partial charge is 0.0705 e. The normalized spacial score (nSPS) is 16.9. The van der Waals surface area contributed by atoms with E-state index in [-0.39, 0.29) is 0 Å². The van der Waals surface area contributed by atoms with Gasteiger partial charge in [0.25, 0.3) is 0 Å². The molecule has 1 aromatic carbocycles. The fraction of sp³-hybridized carbons (Fsp3) is 0.471. The zero-order valence-electron chi connectivity index (χ0n) is 11.7. The van der Waals surface area contributed by atoms with Gasteiger partial charge in [0.1, 0.15) is 0 Å². The molecule has 1 aliphatic rings. The van der Waals surface area contributed by atoms with Gasteiger partial charge in [-0.05, 0) is 43.5 Å². The molecule has 0 saturated heterocycles. The summed E-state index contributed by atoms with van der Waals surface area (Å²) >= 11 is 0. The lowest BCUT2D eigenvalue weighted by atomic mass is 9.95. The molecular formula is C17H22N2. The molecule has 1 N–H and O–H groups in total. The summed E-state index contributed by atoms with van der Waals surface area (Å²) in [5, 5.41) is 4.94. The van der Waals surface area contributed by atoms with Gasteiger partial charge in [0.15, 0.2) is 0 Å². The van der Waals surface area contributed by atoms with Gasteiger partial charge in [0.2, 0.25) is 0 Å². The molecule has 100 valence electrons. The van der Waals surface area contributed by atoms with Crippen LogP contribution in [0.25, 0.3) is 10.9 Å². The SMILES string of the molecule is Cc1ccc2cc(CNC3CCCCC3)ccc2n1. The molecule has 1 heterocycles. The Morgan fingerprint density at radius 3 is 2.79 bits per heavy atom. The summed E-state index contributed by atoms with van der Waals surface area (Å²) in [4.78, 5) is 4.55. The summed E-state index contributed by atoms with van der Waals surface area (Å²) in [6, 6.07) is 11.6. The molecule has 1 aliphatic carbocycles. The van der Waals surface area contributed by atoms with E-state index in [2.05, 4.69) is 40.6 Å². The number of rotatable bonds is 3. The number of nitrogens with zero attached hydrogens (tertiary/aromatic N) is 1. The van der Waals surface area contributed by atoms with E-state index in [0.717, 1.165) is 23.8 Å². The standard InChI is InChI=1S/C17H22N2/c1-13-7-9-15-11-14(8-10-17(15)19-13)12-18-16-5-3-2-4-6-16/h7-11,16,18H,2-6,12H2,1H3. The number of aryl methyl sites for hydroxylation is 1. The van der Waals surface area contributed by atoms with E-state index in [0.29, 0.717) is 0 Å². The zero-order valence-corrected chi connectivity index (χ0v) is 11.7. The number of benzene rings is 1. The Balaban J connectivity index is 1.69. The molecule has 0 radical (unpaired) electrons. The lowest BCUT2D eigenvalue weighted by Crippen LogP contribution is -2.30. The second kappa shape index (κ2) is 5.70. The summed E-state index contributed by atoms with van der Waals surface area (Å²) in [6.45, 7) is 3.02. The van der Waals surface area contributed by atoms with E-state index in [1.54, 1.807) is 0 Å². The van der Waals surface area contributed by atoms with E-state index >= 15 is 0 Å². The second-order valence-electron chi connectivity index (χ2n) is 5.70. The Hall–Kier alpha value is -1.41. The number of aromatic nitrogens is 1. The molecule has 2 nitrogen and oxygen atoms in total. The van der Waals surface area contributed by atoms with Crippen molar-refractivity contribution in [2.45, 2.75) is 51.6 Å². The molecule has 1 aromatic heterocycles. The maximum atomic E-state index is 4.55. The highest BCUT2D eigenvalue weighted by molar-refractivity contribution is 5.79. The van der Waals surface area contributed by atoms with Crippen LogP contribution in [0, 0.1) is 6.92 Å². The van der Waals surface area contributed by atoms with Crippen LogP contribution in [-0.4, -0.2) is 11.0 Å². The van der Waals surface area contributed by atoms with Gasteiger partial charge in [0, 0.05) is 23.7 Å². The van der Waals surface area contributed by atoms with Gasteiger partial charge in [-0.2, -0.15) is 0 Å². The Morgan fingerprint density at radius 2 is 1.95 bits per heavy atom. The number of hydrogen-bond donors (Lipinski definition) is 1.